The summed E-state index contributed by atoms with van der Waals surface area (Å²) in [5.41, 5.74) is -0.181. The Kier molecular flexibility index (Phi) is 3.92. The minimum Gasteiger partial charge on any atom is -0.497 e. The van der Waals surface area contributed by atoms with Crippen LogP contribution < -0.4 is 9.75 Å². The first-order valence-corrected chi connectivity index (χ1v) is 6.30. The highest BCUT2D eigenvalue weighted by Gasteiger charge is 2.47. The van der Waals surface area contributed by atoms with Crippen LogP contribution in [0.4, 0.5) is 18.9 Å². The Morgan fingerprint density at radius 2 is 1.90 bits per heavy atom. The van der Waals surface area contributed by atoms with Gasteiger partial charge in [-0.05, 0) is 37.6 Å². The maximum absolute atomic E-state index is 13.0. The quantitative estimate of drug-likeness (QED) is 0.846. The Labute approximate surface area is 116 Å². The Balaban J connectivity index is 2.34. The van der Waals surface area contributed by atoms with Gasteiger partial charge in [0, 0.05) is 5.92 Å². The van der Waals surface area contributed by atoms with E-state index in [1.54, 1.807) is 31.2 Å². The molecule has 0 saturated heterocycles. The third-order valence-electron chi connectivity index (χ3n) is 3.41. The number of ether oxygens (including phenoxy) is 1. The van der Waals surface area contributed by atoms with Gasteiger partial charge in [0.2, 0.25) is 0 Å². The van der Waals surface area contributed by atoms with E-state index in [4.69, 9.17) is 4.74 Å². The monoisotopic (exact) mass is 285 g/mol. The summed E-state index contributed by atoms with van der Waals surface area (Å²) in [4.78, 5) is 0. The number of methoxy groups -OCH3 is 1. The van der Waals surface area contributed by atoms with Crippen LogP contribution >= 0.6 is 0 Å². The summed E-state index contributed by atoms with van der Waals surface area (Å²) in [6, 6.07) is 6.15. The first-order chi connectivity index (χ1) is 9.38. The number of rotatable bonds is 3. The zero-order valence-corrected chi connectivity index (χ0v) is 11.3. The van der Waals surface area contributed by atoms with Crippen molar-refractivity contribution >= 4 is 11.4 Å². The van der Waals surface area contributed by atoms with Crippen LogP contribution in [0.15, 0.2) is 29.4 Å². The molecule has 1 aromatic rings. The SMILES string of the molecule is [CH2]C1C(CC)C(C(F)(F)F)=NN1c1ccc(OC)cc1. The normalized spacial score (nSPS) is 22.9. The van der Waals surface area contributed by atoms with Crippen LogP contribution in [0.25, 0.3) is 0 Å². The molecule has 1 aromatic carbocycles. The summed E-state index contributed by atoms with van der Waals surface area (Å²) in [5, 5.41) is 5.07. The fourth-order valence-corrected chi connectivity index (χ4v) is 2.33. The fraction of sp³-hybridized carbons (Fsp3) is 0.429. The van der Waals surface area contributed by atoms with E-state index in [-0.39, 0.29) is 0 Å². The van der Waals surface area contributed by atoms with E-state index in [0.717, 1.165) is 0 Å². The fourth-order valence-electron chi connectivity index (χ4n) is 2.33. The summed E-state index contributed by atoms with van der Waals surface area (Å²) in [6.07, 6.45) is -4.07. The van der Waals surface area contributed by atoms with Crippen molar-refractivity contribution in [3.05, 3.63) is 31.2 Å². The van der Waals surface area contributed by atoms with Gasteiger partial charge in [0.25, 0.3) is 0 Å². The zero-order valence-electron chi connectivity index (χ0n) is 11.3. The van der Waals surface area contributed by atoms with E-state index in [1.807, 2.05) is 0 Å². The summed E-state index contributed by atoms with van der Waals surface area (Å²) in [7, 11) is 1.53. The number of hydrogen-bond acceptors (Lipinski definition) is 3. The summed E-state index contributed by atoms with van der Waals surface area (Å²) < 4.78 is 43.9. The predicted molar refractivity (Wildman–Crippen MR) is 71.9 cm³/mol. The lowest BCUT2D eigenvalue weighted by atomic mass is 9.93. The van der Waals surface area contributed by atoms with Crippen molar-refractivity contribution < 1.29 is 17.9 Å². The highest BCUT2D eigenvalue weighted by atomic mass is 19.4. The smallest absolute Gasteiger partial charge is 0.431 e. The standard InChI is InChI=1S/C14H16F3N2O/c1-4-12-9(2)19(18-13(12)14(15,16)17)10-5-7-11(20-3)8-6-10/h5-9,12H,2,4H2,1,3H3. The minimum absolute atomic E-state index is 0.346. The van der Waals surface area contributed by atoms with Gasteiger partial charge in [-0.25, -0.2) is 0 Å². The first-order valence-electron chi connectivity index (χ1n) is 6.30. The Bertz CT molecular complexity index is 496. The summed E-state index contributed by atoms with van der Waals surface area (Å²) in [6.45, 7) is 5.54. The molecule has 1 radical (unpaired) electrons. The van der Waals surface area contributed by atoms with E-state index in [1.165, 1.54) is 12.1 Å². The highest BCUT2D eigenvalue weighted by molar-refractivity contribution is 5.95. The topological polar surface area (TPSA) is 24.8 Å². The zero-order chi connectivity index (χ0) is 14.9. The lowest BCUT2D eigenvalue weighted by Gasteiger charge is -2.24. The molecule has 0 bridgehead atoms. The van der Waals surface area contributed by atoms with Crippen LogP contribution in [0.3, 0.4) is 0 Å². The third kappa shape index (κ3) is 2.59. The van der Waals surface area contributed by atoms with Crippen molar-refractivity contribution in [2.24, 2.45) is 11.0 Å². The average Bonchev–Trinajstić information content (AvgIpc) is 2.76. The van der Waals surface area contributed by atoms with E-state index in [2.05, 4.69) is 12.0 Å². The van der Waals surface area contributed by atoms with Gasteiger partial charge in [0.1, 0.15) is 11.5 Å². The molecule has 0 spiro atoms. The molecule has 20 heavy (non-hydrogen) atoms. The van der Waals surface area contributed by atoms with Crippen molar-refractivity contribution in [2.45, 2.75) is 25.6 Å². The maximum Gasteiger partial charge on any atom is 0.431 e. The van der Waals surface area contributed by atoms with Gasteiger partial charge in [-0.1, -0.05) is 6.92 Å². The van der Waals surface area contributed by atoms with Crippen LogP contribution in [0.1, 0.15) is 13.3 Å². The van der Waals surface area contributed by atoms with Gasteiger partial charge in [-0.2, -0.15) is 18.3 Å². The largest absolute Gasteiger partial charge is 0.497 e. The second-order valence-electron chi connectivity index (χ2n) is 4.61. The molecule has 0 saturated carbocycles. The minimum atomic E-state index is -4.42. The van der Waals surface area contributed by atoms with Gasteiger partial charge in [0.05, 0.1) is 18.8 Å². The summed E-state index contributed by atoms with van der Waals surface area (Å²) in [5.74, 6) is -0.0715. The molecule has 1 aliphatic heterocycles. The number of benzene rings is 1. The number of nitrogens with zero attached hydrogens (tertiary/aromatic N) is 2. The number of halogens is 3. The van der Waals surface area contributed by atoms with E-state index < -0.39 is 23.8 Å². The van der Waals surface area contributed by atoms with Crippen molar-refractivity contribution in [3.63, 3.8) is 0 Å². The lowest BCUT2D eigenvalue weighted by Crippen LogP contribution is -2.34. The second kappa shape index (κ2) is 5.34. The molecule has 2 rings (SSSR count). The molecule has 6 heteroatoms. The molecule has 1 aliphatic rings. The number of anilines is 1. The molecule has 0 aromatic heterocycles. The maximum atomic E-state index is 13.0. The van der Waals surface area contributed by atoms with Crippen LogP contribution in [-0.2, 0) is 0 Å². The summed E-state index contributed by atoms with van der Waals surface area (Å²) >= 11 is 0. The molecule has 3 nitrogen and oxygen atoms in total. The van der Waals surface area contributed by atoms with Gasteiger partial charge < -0.3 is 4.74 Å². The molecule has 0 aliphatic carbocycles. The first kappa shape index (κ1) is 14.7. The van der Waals surface area contributed by atoms with Gasteiger partial charge in [-0.15, -0.1) is 0 Å². The predicted octanol–water partition coefficient (Wildman–Crippen LogP) is 3.66. The van der Waals surface area contributed by atoms with E-state index in [0.29, 0.717) is 17.9 Å². The average molecular weight is 285 g/mol. The third-order valence-corrected chi connectivity index (χ3v) is 3.41. The molecule has 2 atom stereocenters. The van der Waals surface area contributed by atoms with E-state index in [9.17, 15) is 13.2 Å². The number of alkyl halides is 3. The van der Waals surface area contributed by atoms with Gasteiger partial charge in [-0.3, -0.25) is 5.01 Å². The van der Waals surface area contributed by atoms with Gasteiger partial charge >= 0.3 is 6.18 Å². The van der Waals surface area contributed by atoms with Crippen molar-refractivity contribution in [1.82, 2.24) is 0 Å². The second-order valence-corrected chi connectivity index (χ2v) is 4.61. The Hall–Kier alpha value is -1.72. The highest BCUT2D eigenvalue weighted by Crippen LogP contribution is 2.36. The van der Waals surface area contributed by atoms with Crippen LogP contribution in [0.5, 0.6) is 5.75 Å². The Morgan fingerprint density at radius 3 is 2.30 bits per heavy atom. The molecule has 0 fully saturated rings. The molecule has 0 amide bonds. The van der Waals surface area contributed by atoms with Gasteiger partial charge in [0.15, 0.2) is 0 Å². The lowest BCUT2D eigenvalue weighted by molar-refractivity contribution is -0.0623. The van der Waals surface area contributed by atoms with Crippen LogP contribution in [0, 0.1) is 12.8 Å². The molecule has 109 valence electrons. The molecular weight excluding hydrogens is 269 g/mol. The van der Waals surface area contributed by atoms with Crippen LogP contribution in [-0.4, -0.2) is 25.0 Å². The molecule has 0 N–H and O–H groups in total. The Morgan fingerprint density at radius 1 is 1.30 bits per heavy atom. The van der Waals surface area contributed by atoms with Crippen molar-refractivity contribution in [2.75, 3.05) is 12.1 Å². The molecule has 1 heterocycles. The number of hydrogen-bond donors (Lipinski definition) is 0. The number of hydrazone groups is 1. The van der Waals surface area contributed by atoms with Crippen molar-refractivity contribution in [3.8, 4) is 5.75 Å². The molecule has 2 unspecified atom stereocenters. The van der Waals surface area contributed by atoms with E-state index >= 15 is 0 Å². The van der Waals surface area contributed by atoms with Crippen molar-refractivity contribution in [1.29, 1.82) is 0 Å². The molecular formula is C14H16F3N2O. The van der Waals surface area contributed by atoms with Crippen LogP contribution in [0.2, 0.25) is 0 Å².